The van der Waals surface area contributed by atoms with Gasteiger partial charge in [0.05, 0.1) is 0 Å². The molecule has 0 saturated heterocycles. The molecule has 3 heteroatoms. The Bertz CT molecular complexity index is 371. The van der Waals surface area contributed by atoms with Crippen LogP contribution < -0.4 is 5.32 Å². The van der Waals surface area contributed by atoms with E-state index in [0.29, 0.717) is 11.5 Å². The van der Waals surface area contributed by atoms with Gasteiger partial charge in [0.15, 0.2) is 0 Å². The average molecular weight is 249 g/mol. The molecule has 0 aliphatic heterocycles. The Kier molecular flexibility index (Phi) is 4.10. The lowest BCUT2D eigenvalue weighted by Crippen LogP contribution is -2.39. The summed E-state index contributed by atoms with van der Waals surface area (Å²) in [7, 11) is 4.17. The number of hydrogen-bond acceptors (Lipinski definition) is 2. The summed E-state index contributed by atoms with van der Waals surface area (Å²) in [6.45, 7) is 4.80. The predicted octanol–water partition coefficient (Wildman–Crippen LogP) is 2.77. The van der Waals surface area contributed by atoms with Gasteiger partial charge in [-0.2, -0.15) is 0 Å². The second kappa shape index (κ2) is 5.43. The van der Waals surface area contributed by atoms with Crippen LogP contribution in [0.4, 0.5) is 0 Å². The zero-order valence-corrected chi connectivity index (χ0v) is 12.2. The molecule has 2 rings (SSSR count). The van der Waals surface area contributed by atoms with Crippen molar-refractivity contribution in [3.05, 3.63) is 18.2 Å². The Morgan fingerprint density at radius 3 is 2.61 bits per heavy atom. The monoisotopic (exact) mass is 249 g/mol. The zero-order valence-electron chi connectivity index (χ0n) is 12.2. The summed E-state index contributed by atoms with van der Waals surface area (Å²) in [5, 5.41) is 3.51. The molecule has 1 aliphatic carbocycles. The largest absolute Gasteiger partial charge is 0.338 e. The van der Waals surface area contributed by atoms with E-state index in [9.17, 15) is 0 Å². The lowest BCUT2D eigenvalue weighted by Gasteiger charge is -2.38. The summed E-state index contributed by atoms with van der Waals surface area (Å²) in [5.41, 5.74) is 0.554. The Morgan fingerprint density at radius 1 is 1.44 bits per heavy atom. The molecule has 18 heavy (non-hydrogen) atoms. The minimum Gasteiger partial charge on any atom is -0.338 e. The third-order valence-electron chi connectivity index (χ3n) is 4.65. The molecule has 1 unspecified atom stereocenters. The lowest BCUT2D eigenvalue weighted by molar-refractivity contribution is 0.162. The number of imidazole rings is 1. The molecular formula is C15H27N3. The highest BCUT2D eigenvalue weighted by Crippen LogP contribution is 2.39. The van der Waals surface area contributed by atoms with Gasteiger partial charge in [0.2, 0.25) is 0 Å². The smallest absolute Gasteiger partial charge is 0.109 e. The molecule has 3 nitrogen and oxygen atoms in total. The van der Waals surface area contributed by atoms with Crippen LogP contribution in [0.1, 0.15) is 45.4 Å². The first-order valence-electron chi connectivity index (χ1n) is 7.15. The number of nitrogens with one attached hydrogen (secondary N) is 1. The van der Waals surface area contributed by atoms with Crippen molar-refractivity contribution in [3.63, 3.8) is 0 Å². The van der Waals surface area contributed by atoms with Gasteiger partial charge in [-0.25, -0.2) is 4.98 Å². The number of rotatable bonds is 4. The molecule has 0 spiro atoms. The van der Waals surface area contributed by atoms with Gasteiger partial charge in [-0.05, 0) is 44.1 Å². The van der Waals surface area contributed by atoms with E-state index in [2.05, 4.69) is 42.8 Å². The summed E-state index contributed by atoms with van der Waals surface area (Å²) in [5.74, 6) is 2.00. The van der Waals surface area contributed by atoms with Gasteiger partial charge in [0.25, 0.3) is 0 Å². The van der Waals surface area contributed by atoms with Gasteiger partial charge in [-0.15, -0.1) is 0 Å². The molecule has 1 fully saturated rings. The zero-order chi connectivity index (χ0) is 13.2. The van der Waals surface area contributed by atoms with Gasteiger partial charge in [-0.3, -0.25) is 0 Å². The molecule has 1 N–H and O–H groups in total. The Labute approximate surface area is 111 Å². The number of likely N-dealkylation sites (N-methyl/N-ethyl adjacent to an activating group) is 1. The Hall–Kier alpha value is -0.830. The maximum absolute atomic E-state index is 4.45. The maximum atomic E-state index is 4.45. The van der Waals surface area contributed by atoms with Crippen LogP contribution in [-0.4, -0.2) is 22.6 Å². The molecule has 0 amide bonds. The lowest BCUT2D eigenvalue weighted by atomic mass is 9.70. The molecule has 1 aromatic heterocycles. The van der Waals surface area contributed by atoms with E-state index in [4.69, 9.17) is 0 Å². The van der Waals surface area contributed by atoms with Gasteiger partial charge >= 0.3 is 0 Å². The highest BCUT2D eigenvalue weighted by molar-refractivity contribution is 4.97. The number of aromatic nitrogens is 2. The van der Waals surface area contributed by atoms with Crippen LogP contribution >= 0.6 is 0 Å². The molecule has 0 bridgehead atoms. The predicted molar refractivity (Wildman–Crippen MR) is 75.5 cm³/mol. The van der Waals surface area contributed by atoms with E-state index in [1.165, 1.54) is 31.5 Å². The summed E-state index contributed by atoms with van der Waals surface area (Å²) in [4.78, 5) is 4.45. The fourth-order valence-corrected chi connectivity index (χ4v) is 3.12. The summed E-state index contributed by atoms with van der Waals surface area (Å²) >= 11 is 0. The van der Waals surface area contributed by atoms with E-state index in [-0.39, 0.29) is 0 Å². The van der Waals surface area contributed by atoms with E-state index in [0.717, 1.165) is 12.3 Å². The highest BCUT2D eigenvalue weighted by atomic mass is 15.0. The third-order valence-corrected chi connectivity index (χ3v) is 4.65. The number of nitrogens with zero attached hydrogens (tertiary/aromatic N) is 2. The second-order valence-corrected chi connectivity index (χ2v) is 6.56. The van der Waals surface area contributed by atoms with Crippen molar-refractivity contribution >= 4 is 0 Å². The molecule has 1 saturated carbocycles. The molecule has 1 atom stereocenters. The van der Waals surface area contributed by atoms with Crippen LogP contribution in [0.25, 0.3) is 0 Å². The average Bonchev–Trinajstić information content (AvgIpc) is 2.72. The normalized spacial score (nSPS) is 22.0. The van der Waals surface area contributed by atoms with Crippen molar-refractivity contribution in [2.45, 2.75) is 52.0 Å². The van der Waals surface area contributed by atoms with Crippen molar-refractivity contribution in [1.29, 1.82) is 0 Å². The van der Waals surface area contributed by atoms with Crippen molar-refractivity contribution in [2.24, 2.45) is 18.4 Å². The highest BCUT2D eigenvalue weighted by Gasteiger charge is 2.31. The quantitative estimate of drug-likeness (QED) is 0.889. The Balaban J connectivity index is 1.96. The van der Waals surface area contributed by atoms with E-state index in [1.54, 1.807) is 0 Å². The maximum Gasteiger partial charge on any atom is 0.109 e. The standard InChI is InChI=1S/C15H27N3/c1-15(2)7-5-12(6-8-15)13(16-3)11-14-17-9-10-18(14)4/h9-10,12-13,16H,5-8,11H2,1-4H3. The van der Waals surface area contributed by atoms with Crippen molar-refractivity contribution in [2.75, 3.05) is 7.05 Å². The van der Waals surface area contributed by atoms with Gasteiger partial charge in [-0.1, -0.05) is 13.8 Å². The summed E-state index contributed by atoms with van der Waals surface area (Å²) in [6, 6.07) is 0.571. The second-order valence-electron chi connectivity index (χ2n) is 6.56. The summed E-state index contributed by atoms with van der Waals surface area (Å²) < 4.78 is 2.14. The fourth-order valence-electron chi connectivity index (χ4n) is 3.12. The molecular weight excluding hydrogens is 222 g/mol. The minimum absolute atomic E-state index is 0.554. The first kappa shape index (κ1) is 13.6. The Morgan fingerprint density at radius 2 is 2.11 bits per heavy atom. The van der Waals surface area contributed by atoms with Crippen LogP contribution in [0.15, 0.2) is 12.4 Å². The molecule has 0 radical (unpaired) electrons. The van der Waals surface area contributed by atoms with Gasteiger partial charge < -0.3 is 9.88 Å². The van der Waals surface area contributed by atoms with Gasteiger partial charge in [0.1, 0.15) is 5.82 Å². The molecule has 0 aromatic carbocycles. The van der Waals surface area contributed by atoms with Crippen molar-refractivity contribution in [3.8, 4) is 0 Å². The van der Waals surface area contributed by atoms with Crippen molar-refractivity contribution in [1.82, 2.24) is 14.9 Å². The summed E-state index contributed by atoms with van der Waals surface area (Å²) in [6.07, 6.45) is 10.4. The first-order chi connectivity index (χ1) is 8.52. The van der Waals surface area contributed by atoms with Crippen LogP contribution in [0, 0.1) is 11.3 Å². The molecule has 102 valence electrons. The number of hydrogen-bond donors (Lipinski definition) is 1. The van der Waals surface area contributed by atoms with E-state index in [1.807, 2.05) is 12.4 Å². The minimum atomic E-state index is 0.554. The third kappa shape index (κ3) is 3.14. The molecule has 1 heterocycles. The van der Waals surface area contributed by atoms with Gasteiger partial charge in [0, 0.05) is 31.9 Å². The first-order valence-corrected chi connectivity index (χ1v) is 7.15. The SMILES string of the molecule is CNC(Cc1nccn1C)C1CCC(C)(C)CC1. The molecule has 1 aliphatic rings. The van der Waals surface area contributed by atoms with Crippen LogP contribution in [0.3, 0.4) is 0 Å². The fraction of sp³-hybridized carbons (Fsp3) is 0.800. The van der Waals surface area contributed by atoms with Crippen LogP contribution in [0.5, 0.6) is 0 Å². The van der Waals surface area contributed by atoms with Crippen molar-refractivity contribution < 1.29 is 0 Å². The van der Waals surface area contributed by atoms with Crippen LogP contribution in [0.2, 0.25) is 0 Å². The number of aryl methyl sites for hydroxylation is 1. The topological polar surface area (TPSA) is 29.9 Å². The van der Waals surface area contributed by atoms with Crippen LogP contribution in [-0.2, 0) is 13.5 Å². The molecule has 1 aromatic rings. The van der Waals surface area contributed by atoms with E-state index < -0.39 is 0 Å². The van der Waals surface area contributed by atoms with E-state index >= 15 is 0 Å².